The molecule has 1 amide bonds. The number of likely N-dealkylation sites (tertiary alicyclic amines) is 1. The molecular formula is C21H23N5O4. The van der Waals surface area contributed by atoms with Crippen molar-refractivity contribution in [3.63, 3.8) is 0 Å². The number of hydrogen-bond donors (Lipinski definition) is 0. The Morgan fingerprint density at radius 2 is 1.97 bits per heavy atom. The van der Waals surface area contributed by atoms with E-state index in [1.54, 1.807) is 4.90 Å². The minimum Gasteiger partial charge on any atom is -0.446 e. The molecule has 156 valence electrons. The van der Waals surface area contributed by atoms with E-state index in [4.69, 9.17) is 14.0 Å². The van der Waals surface area contributed by atoms with Gasteiger partial charge in [0.1, 0.15) is 6.10 Å². The van der Waals surface area contributed by atoms with E-state index in [9.17, 15) is 4.79 Å². The fraction of sp³-hybridized carbons (Fsp3) is 0.524. The molecule has 3 aromatic rings. The summed E-state index contributed by atoms with van der Waals surface area (Å²) in [7, 11) is 0. The molecule has 2 aliphatic heterocycles. The van der Waals surface area contributed by atoms with Gasteiger partial charge in [0.05, 0.1) is 31.0 Å². The highest BCUT2D eigenvalue weighted by atomic mass is 16.6. The molecule has 0 unspecified atom stereocenters. The molecule has 0 N–H and O–H groups in total. The van der Waals surface area contributed by atoms with Crippen molar-refractivity contribution in [1.29, 1.82) is 0 Å². The number of amides is 1. The lowest BCUT2D eigenvalue weighted by Crippen LogP contribution is -2.38. The van der Waals surface area contributed by atoms with E-state index < -0.39 is 0 Å². The molecule has 0 spiro atoms. The zero-order valence-corrected chi connectivity index (χ0v) is 16.6. The number of hydrogen-bond acceptors (Lipinski definition) is 7. The van der Waals surface area contributed by atoms with Crippen LogP contribution in [0.2, 0.25) is 0 Å². The molecule has 6 rings (SSSR count). The molecule has 0 bridgehead atoms. The van der Waals surface area contributed by atoms with Crippen LogP contribution in [0.1, 0.15) is 43.5 Å². The van der Waals surface area contributed by atoms with Crippen LogP contribution in [-0.2, 0) is 9.47 Å². The second-order valence-electron chi connectivity index (χ2n) is 8.35. The van der Waals surface area contributed by atoms with Crippen LogP contribution in [0.15, 0.2) is 28.9 Å². The van der Waals surface area contributed by atoms with Gasteiger partial charge in [-0.3, -0.25) is 4.68 Å². The molecule has 1 aliphatic carbocycles. The van der Waals surface area contributed by atoms with Crippen LogP contribution in [0.3, 0.4) is 0 Å². The van der Waals surface area contributed by atoms with Crippen molar-refractivity contribution in [1.82, 2.24) is 24.8 Å². The van der Waals surface area contributed by atoms with Gasteiger partial charge >= 0.3 is 6.09 Å². The zero-order valence-electron chi connectivity index (χ0n) is 16.6. The van der Waals surface area contributed by atoms with Gasteiger partial charge in [-0.2, -0.15) is 10.1 Å². The summed E-state index contributed by atoms with van der Waals surface area (Å²) in [5.74, 6) is 1.39. The Bertz CT molecular complexity index is 1080. The maximum atomic E-state index is 12.1. The summed E-state index contributed by atoms with van der Waals surface area (Å²) in [6.07, 6.45) is 5.41. The first kappa shape index (κ1) is 17.9. The molecule has 3 aliphatic rings. The minimum atomic E-state index is -0.191. The molecular weight excluding hydrogens is 386 g/mol. The summed E-state index contributed by atoms with van der Waals surface area (Å²) in [5, 5.41) is 9.80. The maximum Gasteiger partial charge on any atom is 0.410 e. The number of rotatable bonds is 4. The molecule has 30 heavy (non-hydrogen) atoms. The summed E-state index contributed by atoms with van der Waals surface area (Å²) < 4.78 is 18.3. The molecule has 4 heterocycles. The standard InChI is InChI=1S/C21H23N5O4/c27-21(29-17-3-4-17)25-7-5-13(6-8-25)20-23-19(24-30-20)14-1-2-15-10-22-26(18(15)9-14)16-11-28-12-16/h1-2,9-10,13,16-17H,3-8,11-12H2. The second-order valence-corrected chi connectivity index (χ2v) is 8.35. The lowest BCUT2D eigenvalue weighted by atomic mass is 9.97. The van der Waals surface area contributed by atoms with Gasteiger partial charge in [-0.1, -0.05) is 17.3 Å². The van der Waals surface area contributed by atoms with Gasteiger partial charge < -0.3 is 18.9 Å². The van der Waals surface area contributed by atoms with Crippen LogP contribution < -0.4 is 0 Å². The lowest BCUT2D eigenvalue weighted by molar-refractivity contribution is -0.0266. The summed E-state index contributed by atoms with van der Waals surface area (Å²) in [5.41, 5.74) is 1.96. The molecule has 1 aromatic carbocycles. The normalized spacial score (nSPS) is 20.5. The predicted octanol–water partition coefficient (Wildman–Crippen LogP) is 3.14. The largest absolute Gasteiger partial charge is 0.446 e. The Morgan fingerprint density at radius 3 is 2.70 bits per heavy atom. The van der Waals surface area contributed by atoms with E-state index in [1.807, 2.05) is 23.0 Å². The SMILES string of the molecule is O=C(OC1CC1)N1CCC(c2nc(-c3ccc4cnn(C5COC5)c4c3)no2)CC1. The predicted molar refractivity (Wildman–Crippen MR) is 106 cm³/mol. The van der Waals surface area contributed by atoms with Crippen molar-refractivity contribution >= 4 is 17.0 Å². The van der Waals surface area contributed by atoms with Gasteiger partial charge in [0.2, 0.25) is 11.7 Å². The van der Waals surface area contributed by atoms with Gasteiger partial charge in [-0.15, -0.1) is 0 Å². The van der Waals surface area contributed by atoms with Gasteiger partial charge in [0.15, 0.2) is 0 Å². The molecule has 3 fully saturated rings. The Hall–Kier alpha value is -2.94. The Kier molecular flexibility index (Phi) is 4.22. The van der Waals surface area contributed by atoms with Gasteiger partial charge in [0, 0.05) is 30.0 Å². The fourth-order valence-corrected chi connectivity index (χ4v) is 4.06. The zero-order chi connectivity index (χ0) is 20.1. The van der Waals surface area contributed by atoms with Crippen LogP contribution in [0.25, 0.3) is 22.3 Å². The third-order valence-corrected chi connectivity index (χ3v) is 6.16. The number of carbonyl (C=O) groups is 1. The van der Waals surface area contributed by atoms with Gasteiger partial charge in [-0.05, 0) is 31.7 Å². The van der Waals surface area contributed by atoms with Crippen molar-refractivity contribution < 1.29 is 18.8 Å². The Morgan fingerprint density at radius 1 is 1.13 bits per heavy atom. The van der Waals surface area contributed by atoms with E-state index in [0.29, 0.717) is 38.0 Å². The number of piperidine rings is 1. The molecule has 0 atom stereocenters. The highest BCUT2D eigenvalue weighted by Gasteiger charge is 2.32. The highest BCUT2D eigenvalue weighted by Crippen LogP contribution is 2.31. The van der Waals surface area contributed by atoms with Crippen molar-refractivity contribution in [2.45, 2.75) is 43.7 Å². The van der Waals surface area contributed by atoms with Crippen LogP contribution in [0.5, 0.6) is 0 Å². The minimum absolute atomic E-state index is 0.138. The third kappa shape index (κ3) is 3.23. The van der Waals surface area contributed by atoms with E-state index >= 15 is 0 Å². The van der Waals surface area contributed by atoms with E-state index in [-0.39, 0.29) is 24.2 Å². The Balaban J connectivity index is 1.16. The first-order chi connectivity index (χ1) is 14.7. The number of aromatic nitrogens is 4. The number of benzene rings is 1. The third-order valence-electron chi connectivity index (χ3n) is 6.16. The summed E-state index contributed by atoms with van der Waals surface area (Å²) in [6, 6.07) is 6.38. The molecule has 2 saturated heterocycles. The van der Waals surface area contributed by atoms with E-state index in [0.717, 1.165) is 42.1 Å². The summed E-state index contributed by atoms with van der Waals surface area (Å²) in [4.78, 5) is 18.6. The first-order valence-electron chi connectivity index (χ1n) is 10.6. The van der Waals surface area contributed by atoms with Gasteiger partial charge in [0.25, 0.3) is 0 Å². The van der Waals surface area contributed by atoms with Crippen molar-refractivity contribution in [2.75, 3.05) is 26.3 Å². The molecule has 9 heteroatoms. The van der Waals surface area contributed by atoms with Gasteiger partial charge in [-0.25, -0.2) is 4.79 Å². The van der Waals surface area contributed by atoms with Crippen molar-refractivity contribution in [2.24, 2.45) is 0 Å². The van der Waals surface area contributed by atoms with Crippen LogP contribution in [-0.4, -0.2) is 63.3 Å². The highest BCUT2D eigenvalue weighted by molar-refractivity contribution is 5.83. The van der Waals surface area contributed by atoms with E-state index in [2.05, 4.69) is 21.3 Å². The fourth-order valence-electron chi connectivity index (χ4n) is 4.06. The Labute approximate surface area is 172 Å². The number of ether oxygens (including phenoxy) is 2. The average Bonchev–Trinajstić information content (AvgIpc) is 3.25. The molecule has 9 nitrogen and oxygen atoms in total. The van der Waals surface area contributed by atoms with Crippen LogP contribution in [0, 0.1) is 0 Å². The number of carbonyl (C=O) groups excluding carboxylic acids is 1. The average molecular weight is 409 g/mol. The van der Waals surface area contributed by atoms with Crippen molar-refractivity contribution in [3.8, 4) is 11.4 Å². The topological polar surface area (TPSA) is 95.5 Å². The van der Waals surface area contributed by atoms with Crippen LogP contribution >= 0.6 is 0 Å². The van der Waals surface area contributed by atoms with E-state index in [1.165, 1.54) is 0 Å². The summed E-state index contributed by atoms with van der Waals surface area (Å²) in [6.45, 7) is 2.70. The quantitative estimate of drug-likeness (QED) is 0.653. The second kappa shape index (κ2) is 7.09. The molecule has 0 radical (unpaired) electrons. The smallest absolute Gasteiger partial charge is 0.410 e. The van der Waals surface area contributed by atoms with Crippen molar-refractivity contribution in [3.05, 3.63) is 30.3 Å². The first-order valence-corrected chi connectivity index (χ1v) is 10.6. The maximum absolute atomic E-state index is 12.1. The number of fused-ring (bicyclic) bond motifs is 1. The van der Waals surface area contributed by atoms with Crippen LogP contribution in [0.4, 0.5) is 4.79 Å². The molecule has 1 saturated carbocycles. The molecule has 2 aromatic heterocycles. The lowest BCUT2D eigenvalue weighted by Gasteiger charge is -2.29. The number of nitrogens with zero attached hydrogens (tertiary/aromatic N) is 5. The monoisotopic (exact) mass is 409 g/mol. The summed E-state index contributed by atoms with van der Waals surface area (Å²) >= 11 is 0.